The number of amides is 1. The molecule has 72 valence electrons. The van der Waals surface area contributed by atoms with Gasteiger partial charge >= 0.3 is 17.7 Å². The maximum atomic E-state index is 10.9. The fraction of sp³-hybridized carbons (Fsp3) is 0. The third-order valence-corrected chi connectivity index (χ3v) is 1.32. The van der Waals surface area contributed by atoms with E-state index in [2.05, 4.69) is 10.3 Å². The number of aliphatic carboxylic acids is 1. The van der Waals surface area contributed by atoms with Crippen molar-refractivity contribution in [3.63, 3.8) is 0 Å². The Kier molecular flexibility index (Phi) is 2.90. The standard InChI is InChI=1S/C8H6N2O4/c11-6(8(13)14)7(12)10-5-2-1-3-9-4-5/h1-4H,(H,10,12)(H,13,14). The van der Waals surface area contributed by atoms with Crippen LogP contribution < -0.4 is 5.32 Å². The normalized spacial score (nSPS) is 9.14. The Morgan fingerprint density at radius 2 is 2.07 bits per heavy atom. The topological polar surface area (TPSA) is 96.4 Å². The van der Waals surface area contributed by atoms with Crippen LogP contribution in [0.5, 0.6) is 0 Å². The van der Waals surface area contributed by atoms with E-state index in [0.29, 0.717) is 0 Å². The van der Waals surface area contributed by atoms with E-state index in [1.807, 2.05) is 0 Å². The zero-order valence-electron chi connectivity index (χ0n) is 6.93. The van der Waals surface area contributed by atoms with Crippen molar-refractivity contribution in [1.29, 1.82) is 0 Å². The van der Waals surface area contributed by atoms with Crippen LogP contribution in [0.2, 0.25) is 0 Å². The van der Waals surface area contributed by atoms with Crippen molar-refractivity contribution in [2.24, 2.45) is 0 Å². The van der Waals surface area contributed by atoms with Crippen molar-refractivity contribution < 1.29 is 19.5 Å². The molecule has 0 spiro atoms. The van der Waals surface area contributed by atoms with E-state index in [-0.39, 0.29) is 5.69 Å². The average molecular weight is 194 g/mol. The van der Waals surface area contributed by atoms with E-state index in [0.717, 1.165) is 0 Å². The second-order valence-electron chi connectivity index (χ2n) is 2.33. The maximum Gasteiger partial charge on any atom is 0.382 e. The molecule has 1 amide bonds. The van der Waals surface area contributed by atoms with Crippen molar-refractivity contribution in [2.75, 3.05) is 5.32 Å². The minimum absolute atomic E-state index is 0.270. The molecular formula is C8H6N2O4. The van der Waals surface area contributed by atoms with Gasteiger partial charge in [0, 0.05) is 6.20 Å². The van der Waals surface area contributed by atoms with Gasteiger partial charge in [0.2, 0.25) is 0 Å². The molecule has 0 aliphatic rings. The number of carbonyl (C=O) groups excluding carboxylic acids is 2. The van der Waals surface area contributed by atoms with E-state index in [9.17, 15) is 14.4 Å². The molecule has 1 aromatic rings. The Hall–Kier alpha value is -2.24. The molecule has 14 heavy (non-hydrogen) atoms. The summed E-state index contributed by atoms with van der Waals surface area (Å²) < 4.78 is 0. The van der Waals surface area contributed by atoms with E-state index < -0.39 is 17.7 Å². The molecule has 0 saturated carbocycles. The summed E-state index contributed by atoms with van der Waals surface area (Å²) in [7, 11) is 0. The number of anilines is 1. The van der Waals surface area contributed by atoms with Gasteiger partial charge < -0.3 is 10.4 Å². The SMILES string of the molecule is O=C(O)C(=O)C(=O)Nc1cccnc1. The van der Waals surface area contributed by atoms with Crippen LogP contribution in [-0.4, -0.2) is 27.8 Å². The Bertz CT molecular complexity index is 374. The number of nitrogens with one attached hydrogen (secondary N) is 1. The number of aromatic nitrogens is 1. The second-order valence-corrected chi connectivity index (χ2v) is 2.33. The first-order chi connectivity index (χ1) is 6.61. The average Bonchev–Trinajstić information content (AvgIpc) is 2.18. The summed E-state index contributed by atoms with van der Waals surface area (Å²) in [5.74, 6) is -4.48. The zero-order chi connectivity index (χ0) is 10.6. The highest BCUT2D eigenvalue weighted by atomic mass is 16.4. The number of hydrogen-bond acceptors (Lipinski definition) is 4. The van der Waals surface area contributed by atoms with Gasteiger partial charge in [-0.1, -0.05) is 0 Å². The molecular weight excluding hydrogens is 188 g/mol. The van der Waals surface area contributed by atoms with Crippen LogP contribution in [0, 0.1) is 0 Å². The molecule has 2 N–H and O–H groups in total. The Morgan fingerprint density at radius 1 is 1.36 bits per heavy atom. The lowest BCUT2D eigenvalue weighted by molar-refractivity contribution is -0.152. The van der Waals surface area contributed by atoms with Gasteiger partial charge in [-0.25, -0.2) is 4.79 Å². The molecule has 1 rings (SSSR count). The molecule has 6 heteroatoms. The number of ketones is 1. The summed E-state index contributed by atoms with van der Waals surface area (Å²) in [6, 6.07) is 3.03. The summed E-state index contributed by atoms with van der Waals surface area (Å²) in [5.41, 5.74) is 0.270. The number of Topliss-reactive ketones (excluding diaryl/α,β-unsaturated/α-hetero) is 1. The third kappa shape index (κ3) is 2.37. The lowest BCUT2D eigenvalue weighted by Gasteiger charge is -1.99. The smallest absolute Gasteiger partial charge is 0.382 e. The van der Waals surface area contributed by atoms with Crippen LogP contribution >= 0.6 is 0 Å². The first-order valence-corrected chi connectivity index (χ1v) is 3.60. The van der Waals surface area contributed by atoms with Gasteiger partial charge in [0.05, 0.1) is 11.9 Å². The molecule has 0 saturated heterocycles. The van der Waals surface area contributed by atoms with Crippen LogP contribution in [0.3, 0.4) is 0 Å². The first kappa shape index (κ1) is 9.85. The number of rotatable bonds is 3. The largest absolute Gasteiger partial charge is 0.475 e. The number of pyridine rings is 1. The zero-order valence-corrected chi connectivity index (χ0v) is 6.93. The lowest BCUT2D eigenvalue weighted by Crippen LogP contribution is -2.29. The summed E-state index contributed by atoms with van der Waals surface area (Å²) in [4.78, 5) is 35.3. The summed E-state index contributed by atoms with van der Waals surface area (Å²) >= 11 is 0. The van der Waals surface area contributed by atoms with Crippen molar-refractivity contribution in [3.05, 3.63) is 24.5 Å². The van der Waals surface area contributed by atoms with Gasteiger partial charge in [0.25, 0.3) is 0 Å². The summed E-state index contributed by atoms with van der Waals surface area (Å²) in [5, 5.41) is 10.3. The highest BCUT2D eigenvalue weighted by Gasteiger charge is 2.21. The number of carbonyl (C=O) groups is 3. The summed E-state index contributed by atoms with van der Waals surface area (Å²) in [6.45, 7) is 0. The van der Waals surface area contributed by atoms with Gasteiger partial charge in [-0.05, 0) is 12.1 Å². The van der Waals surface area contributed by atoms with Crippen molar-refractivity contribution >= 4 is 23.3 Å². The quantitative estimate of drug-likeness (QED) is 0.507. The molecule has 0 radical (unpaired) electrons. The van der Waals surface area contributed by atoms with Gasteiger partial charge in [-0.2, -0.15) is 0 Å². The van der Waals surface area contributed by atoms with Crippen LogP contribution in [0.15, 0.2) is 24.5 Å². The van der Waals surface area contributed by atoms with Gasteiger partial charge in [0.1, 0.15) is 0 Å². The minimum Gasteiger partial charge on any atom is -0.475 e. The predicted octanol–water partition coefficient (Wildman–Crippen LogP) is -0.326. The maximum absolute atomic E-state index is 10.9. The van der Waals surface area contributed by atoms with Crippen LogP contribution in [0.1, 0.15) is 0 Å². The molecule has 0 bridgehead atoms. The number of hydrogen-bond donors (Lipinski definition) is 2. The fourth-order valence-corrected chi connectivity index (χ4v) is 0.722. The Morgan fingerprint density at radius 3 is 2.57 bits per heavy atom. The fourth-order valence-electron chi connectivity index (χ4n) is 0.722. The van der Waals surface area contributed by atoms with Crippen molar-refractivity contribution in [1.82, 2.24) is 4.98 Å². The predicted molar refractivity (Wildman–Crippen MR) is 45.5 cm³/mol. The van der Waals surface area contributed by atoms with E-state index >= 15 is 0 Å². The third-order valence-electron chi connectivity index (χ3n) is 1.32. The van der Waals surface area contributed by atoms with Crippen LogP contribution in [0.4, 0.5) is 5.69 Å². The minimum atomic E-state index is -1.79. The molecule has 0 aliphatic heterocycles. The first-order valence-electron chi connectivity index (χ1n) is 3.60. The molecule has 0 aromatic carbocycles. The van der Waals surface area contributed by atoms with Gasteiger partial charge in [0.15, 0.2) is 0 Å². The second kappa shape index (κ2) is 4.13. The number of carboxylic acid groups (broad SMARTS) is 1. The molecule has 0 unspecified atom stereocenters. The van der Waals surface area contributed by atoms with E-state index in [1.54, 1.807) is 6.07 Å². The molecule has 6 nitrogen and oxygen atoms in total. The molecule has 0 atom stereocenters. The number of carboxylic acids is 1. The highest BCUT2D eigenvalue weighted by Crippen LogP contribution is 2.01. The molecule has 0 aliphatic carbocycles. The Labute approximate surface area is 78.6 Å². The number of nitrogens with zero attached hydrogens (tertiary/aromatic N) is 1. The molecule has 1 aromatic heterocycles. The van der Waals surface area contributed by atoms with Crippen molar-refractivity contribution in [3.8, 4) is 0 Å². The Balaban J connectivity index is 2.67. The van der Waals surface area contributed by atoms with Crippen LogP contribution in [-0.2, 0) is 14.4 Å². The monoisotopic (exact) mass is 194 g/mol. The summed E-state index contributed by atoms with van der Waals surface area (Å²) in [6.07, 6.45) is 2.78. The van der Waals surface area contributed by atoms with Gasteiger partial charge in [-0.3, -0.25) is 14.6 Å². The molecule has 1 heterocycles. The van der Waals surface area contributed by atoms with Crippen molar-refractivity contribution in [2.45, 2.75) is 0 Å². The van der Waals surface area contributed by atoms with Crippen LogP contribution in [0.25, 0.3) is 0 Å². The molecule has 0 fully saturated rings. The van der Waals surface area contributed by atoms with E-state index in [4.69, 9.17) is 5.11 Å². The highest BCUT2D eigenvalue weighted by molar-refractivity contribution is 6.63. The van der Waals surface area contributed by atoms with Gasteiger partial charge in [-0.15, -0.1) is 0 Å². The lowest BCUT2D eigenvalue weighted by atomic mass is 10.3. The van der Waals surface area contributed by atoms with E-state index in [1.165, 1.54) is 18.5 Å².